The van der Waals surface area contributed by atoms with Crippen molar-refractivity contribution in [2.24, 2.45) is 10.4 Å². The number of ketones is 1. The number of aliphatic imine (C=N–C) groups is 1. The first kappa shape index (κ1) is 18.3. The number of carbonyl (C=O) groups excluding carboxylic acids is 3. The van der Waals surface area contributed by atoms with Crippen molar-refractivity contribution in [1.82, 2.24) is 0 Å². The molecule has 0 N–H and O–H groups in total. The predicted octanol–water partition coefficient (Wildman–Crippen LogP) is 2.74. The van der Waals surface area contributed by atoms with Crippen LogP contribution in [0.4, 0.5) is 5.69 Å². The van der Waals surface area contributed by atoms with Crippen LogP contribution >= 0.6 is 0 Å². The van der Waals surface area contributed by atoms with E-state index in [4.69, 9.17) is 4.74 Å². The van der Waals surface area contributed by atoms with Gasteiger partial charge in [0.2, 0.25) is 0 Å². The number of Topliss-reactive ketones (excluding diaryl/α,β-unsaturated/α-hetero) is 1. The van der Waals surface area contributed by atoms with E-state index >= 15 is 0 Å². The van der Waals surface area contributed by atoms with Gasteiger partial charge in [-0.15, -0.1) is 0 Å². The molecule has 1 unspecified atom stereocenters. The van der Waals surface area contributed by atoms with Crippen LogP contribution in [0.5, 0.6) is 0 Å². The Hall–Kier alpha value is -3.54. The van der Waals surface area contributed by atoms with Crippen LogP contribution in [0.15, 0.2) is 65.7 Å². The number of nitrogens with zero attached hydrogens (tertiary/aromatic N) is 1. The van der Waals surface area contributed by atoms with Gasteiger partial charge in [-0.2, -0.15) is 0 Å². The van der Waals surface area contributed by atoms with Crippen LogP contribution in [-0.2, 0) is 23.9 Å². The van der Waals surface area contributed by atoms with E-state index in [-0.39, 0.29) is 5.71 Å². The fraction of sp³-hybridized carbons (Fsp3) is 0.143. The number of methoxy groups -OCH3 is 2. The lowest BCUT2D eigenvalue weighted by Crippen LogP contribution is -2.49. The van der Waals surface area contributed by atoms with E-state index in [0.29, 0.717) is 16.8 Å². The fourth-order valence-corrected chi connectivity index (χ4v) is 2.98. The van der Waals surface area contributed by atoms with Crippen molar-refractivity contribution < 1.29 is 23.9 Å². The topological polar surface area (TPSA) is 82.0 Å². The Bertz CT molecular complexity index is 962. The summed E-state index contributed by atoms with van der Waals surface area (Å²) in [6.07, 6.45) is 2.95. The summed E-state index contributed by atoms with van der Waals surface area (Å²) < 4.78 is 9.52. The van der Waals surface area contributed by atoms with E-state index in [2.05, 4.69) is 9.73 Å². The summed E-state index contributed by atoms with van der Waals surface area (Å²) in [4.78, 5) is 42.6. The van der Waals surface area contributed by atoms with Gasteiger partial charge in [-0.05, 0) is 17.2 Å². The van der Waals surface area contributed by atoms with Crippen LogP contribution in [0.3, 0.4) is 0 Å². The minimum Gasteiger partial charge on any atom is -0.468 e. The summed E-state index contributed by atoms with van der Waals surface area (Å²) in [6.45, 7) is 0. The molecule has 2 aromatic rings. The third kappa shape index (κ3) is 3.06. The molecule has 27 heavy (non-hydrogen) atoms. The standard InChI is InChI=1S/C21H17NO5/c1-26-19(24)18(23)21(20(25)27-2)13-12-14-8-6-7-11-16(14)22-17(21)15-9-4-3-5-10-15/h3-13H,1-2H3. The van der Waals surface area contributed by atoms with E-state index in [0.717, 1.165) is 14.2 Å². The van der Waals surface area contributed by atoms with Crippen LogP contribution in [0, 0.1) is 5.41 Å². The van der Waals surface area contributed by atoms with Gasteiger partial charge in [-0.25, -0.2) is 4.79 Å². The van der Waals surface area contributed by atoms with Gasteiger partial charge in [-0.1, -0.05) is 60.7 Å². The summed E-state index contributed by atoms with van der Waals surface area (Å²) in [7, 11) is 2.24. The van der Waals surface area contributed by atoms with Crippen molar-refractivity contribution in [3.8, 4) is 0 Å². The highest BCUT2D eigenvalue weighted by atomic mass is 16.5. The number of esters is 2. The van der Waals surface area contributed by atoms with E-state index in [1.54, 1.807) is 54.6 Å². The van der Waals surface area contributed by atoms with Crippen molar-refractivity contribution >= 4 is 35.2 Å². The summed E-state index contributed by atoms with van der Waals surface area (Å²) in [5.74, 6) is -3.13. The Morgan fingerprint density at radius 2 is 1.56 bits per heavy atom. The Balaban J connectivity index is 2.37. The number of ether oxygens (including phenoxy) is 2. The highest BCUT2D eigenvalue weighted by Crippen LogP contribution is 2.37. The molecule has 6 heteroatoms. The Morgan fingerprint density at radius 1 is 0.889 bits per heavy atom. The molecule has 1 heterocycles. The molecule has 0 fully saturated rings. The molecular formula is C21H17NO5. The lowest BCUT2D eigenvalue weighted by molar-refractivity contribution is -0.160. The molecule has 0 spiro atoms. The van der Waals surface area contributed by atoms with E-state index in [1.807, 2.05) is 6.07 Å². The van der Waals surface area contributed by atoms with Crippen LogP contribution in [0.1, 0.15) is 11.1 Å². The van der Waals surface area contributed by atoms with Crippen molar-refractivity contribution in [3.05, 3.63) is 71.8 Å². The third-order valence-electron chi connectivity index (χ3n) is 4.34. The fourth-order valence-electron chi connectivity index (χ4n) is 2.98. The number of hydrogen-bond acceptors (Lipinski definition) is 6. The minimum atomic E-state index is -2.05. The largest absolute Gasteiger partial charge is 0.468 e. The van der Waals surface area contributed by atoms with Crippen LogP contribution in [-0.4, -0.2) is 37.7 Å². The summed E-state index contributed by atoms with van der Waals surface area (Å²) in [6, 6.07) is 15.9. The molecular weight excluding hydrogens is 346 g/mol. The van der Waals surface area contributed by atoms with Crippen molar-refractivity contribution in [2.75, 3.05) is 14.2 Å². The number of fused-ring (bicyclic) bond motifs is 1. The van der Waals surface area contributed by atoms with Gasteiger partial charge in [0, 0.05) is 0 Å². The van der Waals surface area contributed by atoms with Crippen LogP contribution < -0.4 is 0 Å². The minimum absolute atomic E-state index is 0.103. The molecule has 136 valence electrons. The predicted molar refractivity (Wildman–Crippen MR) is 99.6 cm³/mol. The third-order valence-corrected chi connectivity index (χ3v) is 4.34. The Morgan fingerprint density at radius 3 is 2.22 bits per heavy atom. The molecule has 2 aromatic carbocycles. The zero-order valence-electron chi connectivity index (χ0n) is 14.8. The molecule has 3 rings (SSSR count). The summed E-state index contributed by atoms with van der Waals surface area (Å²) in [5.41, 5.74) is -0.166. The van der Waals surface area contributed by atoms with E-state index in [1.165, 1.54) is 6.08 Å². The van der Waals surface area contributed by atoms with Crippen molar-refractivity contribution in [3.63, 3.8) is 0 Å². The van der Waals surface area contributed by atoms with Gasteiger partial charge >= 0.3 is 11.9 Å². The number of benzene rings is 2. The highest BCUT2D eigenvalue weighted by Gasteiger charge is 2.54. The molecule has 0 saturated carbocycles. The molecule has 0 amide bonds. The Labute approximate surface area is 156 Å². The second-order valence-corrected chi connectivity index (χ2v) is 5.84. The summed E-state index contributed by atoms with van der Waals surface area (Å²) in [5, 5.41) is 0. The molecule has 1 aliphatic heterocycles. The normalized spacial score (nSPS) is 17.9. The lowest BCUT2D eigenvalue weighted by atomic mass is 9.75. The molecule has 0 radical (unpaired) electrons. The zero-order chi connectivity index (χ0) is 19.4. The lowest BCUT2D eigenvalue weighted by Gasteiger charge is -2.26. The van der Waals surface area contributed by atoms with Crippen LogP contribution in [0.2, 0.25) is 0 Å². The number of hydrogen-bond donors (Lipinski definition) is 0. The van der Waals surface area contributed by atoms with Gasteiger partial charge in [0.15, 0.2) is 5.41 Å². The van der Waals surface area contributed by atoms with Crippen molar-refractivity contribution in [1.29, 1.82) is 0 Å². The quantitative estimate of drug-likeness (QED) is 0.474. The monoisotopic (exact) mass is 363 g/mol. The first-order valence-corrected chi connectivity index (χ1v) is 8.18. The molecule has 0 saturated heterocycles. The smallest absolute Gasteiger partial charge is 0.376 e. The Kier molecular flexibility index (Phi) is 4.98. The number of para-hydroxylation sites is 1. The first-order chi connectivity index (χ1) is 13.0. The van der Waals surface area contributed by atoms with Gasteiger partial charge < -0.3 is 9.47 Å². The molecule has 0 aromatic heterocycles. The van der Waals surface area contributed by atoms with E-state index in [9.17, 15) is 14.4 Å². The molecule has 0 aliphatic carbocycles. The number of rotatable bonds is 4. The van der Waals surface area contributed by atoms with Crippen LogP contribution in [0.25, 0.3) is 6.08 Å². The van der Waals surface area contributed by atoms with Gasteiger partial charge in [0.05, 0.1) is 25.6 Å². The van der Waals surface area contributed by atoms with Gasteiger partial charge in [0.1, 0.15) is 0 Å². The maximum Gasteiger partial charge on any atom is 0.376 e. The average molecular weight is 363 g/mol. The molecule has 1 atom stereocenters. The second kappa shape index (κ2) is 7.37. The van der Waals surface area contributed by atoms with Gasteiger partial charge in [-0.3, -0.25) is 14.6 Å². The second-order valence-electron chi connectivity index (χ2n) is 5.84. The molecule has 0 bridgehead atoms. The first-order valence-electron chi connectivity index (χ1n) is 8.18. The van der Waals surface area contributed by atoms with Crippen molar-refractivity contribution in [2.45, 2.75) is 0 Å². The molecule has 1 aliphatic rings. The molecule has 6 nitrogen and oxygen atoms in total. The van der Waals surface area contributed by atoms with E-state index < -0.39 is 23.1 Å². The van der Waals surface area contributed by atoms with Gasteiger partial charge in [0.25, 0.3) is 5.78 Å². The number of carbonyl (C=O) groups is 3. The highest BCUT2D eigenvalue weighted by molar-refractivity contribution is 6.49. The maximum atomic E-state index is 13.0. The average Bonchev–Trinajstić information content (AvgIpc) is 2.90. The summed E-state index contributed by atoms with van der Waals surface area (Å²) >= 11 is 0. The zero-order valence-corrected chi connectivity index (χ0v) is 14.8. The maximum absolute atomic E-state index is 13.0. The SMILES string of the molecule is COC(=O)C(=O)C1(C(=O)OC)C=Cc2ccccc2N=C1c1ccccc1.